The molecular formula is C17H15ClFNO4. The number of aromatic carboxylic acids is 1. The quantitative estimate of drug-likeness (QED) is 0.864. The van der Waals surface area contributed by atoms with Crippen molar-refractivity contribution in [3.63, 3.8) is 0 Å². The Morgan fingerprint density at radius 1 is 1.46 bits per heavy atom. The normalized spacial score (nSPS) is 19.1. The highest BCUT2D eigenvalue weighted by Gasteiger charge is 2.46. The van der Waals surface area contributed by atoms with Gasteiger partial charge < -0.3 is 14.8 Å². The third-order valence-corrected chi connectivity index (χ3v) is 4.46. The van der Waals surface area contributed by atoms with Gasteiger partial charge in [-0.25, -0.2) is 9.18 Å². The molecule has 2 unspecified atom stereocenters. The Kier molecular flexibility index (Phi) is 4.32. The molecule has 0 aliphatic heterocycles. The SMILES string of the molecule is Cc1oc(CNC(=O)C2CC2c2c(F)cccc2Cl)cc1C(=O)O. The van der Waals surface area contributed by atoms with Gasteiger partial charge >= 0.3 is 5.97 Å². The van der Waals surface area contributed by atoms with Crippen LogP contribution in [0.15, 0.2) is 28.7 Å². The molecule has 1 aromatic carbocycles. The largest absolute Gasteiger partial charge is 0.478 e. The fourth-order valence-electron chi connectivity index (χ4n) is 2.82. The molecule has 3 rings (SSSR count). The van der Waals surface area contributed by atoms with E-state index in [4.69, 9.17) is 21.1 Å². The molecule has 5 nitrogen and oxygen atoms in total. The summed E-state index contributed by atoms with van der Waals surface area (Å²) in [5, 5.41) is 12.0. The summed E-state index contributed by atoms with van der Waals surface area (Å²) in [7, 11) is 0. The molecule has 1 heterocycles. The Balaban J connectivity index is 1.61. The van der Waals surface area contributed by atoms with E-state index in [0.29, 0.717) is 22.8 Å². The monoisotopic (exact) mass is 351 g/mol. The Morgan fingerprint density at radius 2 is 2.21 bits per heavy atom. The van der Waals surface area contributed by atoms with Crippen LogP contribution in [-0.2, 0) is 11.3 Å². The Labute approximate surface area is 142 Å². The summed E-state index contributed by atoms with van der Waals surface area (Å²) >= 11 is 6.01. The number of carbonyl (C=O) groups is 2. The minimum absolute atomic E-state index is 0.0710. The molecule has 1 aliphatic rings. The summed E-state index contributed by atoms with van der Waals surface area (Å²) in [6.07, 6.45) is 0.532. The average Bonchev–Trinajstić information content (AvgIpc) is 3.20. The van der Waals surface area contributed by atoms with E-state index in [1.807, 2.05) is 0 Å². The van der Waals surface area contributed by atoms with Crippen LogP contribution >= 0.6 is 11.6 Å². The minimum Gasteiger partial charge on any atom is -0.478 e. The first-order valence-corrected chi connectivity index (χ1v) is 7.80. The number of benzene rings is 1. The van der Waals surface area contributed by atoms with Crippen LogP contribution in [0.25, 0.3) is 0 Å². The van der Waals surface area contributed by atoms with Crippen molar-refractivity contribution < 1.29 is 23.5 Å². The third-order valence-electron chi connectivity index (χ3n) is 4.13. The Morgan fingerprint density at radius 3 is 2.83 bits per heavy atom. The molecule has 1 amide bonds. The molecule has 126 valence electrons. The van der Waals surface area contributed by atoms with E-state index in [-0.39, 0.29) is 35.6 Å². The number of aryl methyl sites for hydroxylation is 1. The number of nitrogens with one attached hydrogen (secondary N) is 1. The van der Waals surface area contributed by atoms with Gasteiger partial charge in [-0.05, 0) is 31.5 Å². The van der Waals surface area contributed by atoms with Crippen molar-refractivity contribution in [2.75, 3.05) is 0 Å². The zero-order valence-corrected chi connectivity index (χ0v) is 13.6. The van der Waals surface area contributed by atoms with Crippen LogP contribution in [0.3, 0.4) is 0 Å². The number of rotatable bonds is 5. The smallest absolute Gasteiger partial charge is 0.339 e. The van der Waals surface area contributed by atoms with Gasteiger partial charge in [0.25, 0.3) is 0 Å². The van der Waals surface area contributed by atoms with Crippen molar-refractivity contribution >= 4 is 23.5 Å². The number of halogens is 2. The van der Waals surface area contributed by atoms with Crippen molar-refractivity contribution in [2.45, 2.75) is 25.8 Å². The van der Waals surface area contributed by atoms with Crippen LogP contribution in [0.2, 0.25) is 5.02 Å². The number of furan rings is 1. The highest BCUT2D eigenvalue weighted by atomic mass is 35.5. The summed E-state index contributed by atoms with van der Waals surface area (Å²) in [6, 6.07) is 5.84. The van der Waals surface area contributed by atoms with Crippen LogP contribution in [0.5, 0.6) is 0 Å². The van der Waals surface area contributed by atoms with E-state index >= 15 is 0 Å². The van der Waals surface area contributed by atoms with Gasteiger partial charge in [0.2, 0.25) is 5.91 Å². The van der Waals surface area contributed by atoms with E-state index < -0.39 is 11.8 Å². The van der Waals surface area contributed by atoms with Gasteiger partial charge in [-0.3, -0.25) is 4.79 Å². The topological polar surface area (TPSA) is 79.5 Å². The van der Waals surface area contributed by atoms with E-state index in [0.717, 1.165) is 0 Å². The first kappa shape index (κ1) is 16.5. The van der Waals surface area contributed by atoms with Gasteiger partial charge in [0.15, 0.2) is 0 Å². The molecule has 24 heavy (non-hydrogen) atoms. The number of carbonyl (C=O) groups excluding carboxylic acids is 1. The summed E-state index contributed by atoms with van der Waals surface area (Å²) < 4.78 is 19.2. The second-order valence-corrected chi connectivity index (χ2v) is 6.20. The molecule has 0 radical (unpaired) electrons. The number of carboxylic acid groups (broad SMARTS) is 1. The number of hydrogen-bond acceptors (Lipinski definition) is 3. The predicted octanol–water partition coefficient (Wildman–Crippen LogP) is 3.50. The van der Waals surface area contributed by atoms with Crippen LogP contribution in [0, 0.1) is 18.7 Å². The van der Waals surface area contributed by atoms with Crippen LogP contribution in [0.4, 0.5) is 4.39 Å². The van der Waals surface area contributed by atoms with E-state index in [9.17, 15) is 14.0 Å². The maximum atomic E-state index is 13.9. The fraction of sp³-hybridized carbons (Fsp3) is 0.294. The van der Waals surface area contributed by atoms with Crippen LogP contribution in [0.1, 0.15) is 39.8 Å². The molecule has 1 fully saturated rings. The van der Waals surface area contributed by atoms with Gasteiger partial charge in [0.05, 0.1) is 6.54 Å². The highest BCUT2D eigenvalue weighted by Crippen LogP contribution is 2.50. The maximum Gasteiger partial charge on any atom is 0.339 e. The molecule has 1 aromatic heterocycles. The molecule has 0 bridgehead atoms. The zero-order valence-electron chi connectivity index (χ0n) is 12.8. The molecule has 0 spiro atoms. The third kappa shape index (κ3) is 3.14. The Hall–Kier alpha value is -2.34. The number of carboxylic acids is 1. The van der Waals surface area contributed by atoms with Gasteiger partial charge in [0.1, 0.15) is 22.9 Å². The van der Waals surface area contributed by atoms with E-state index in [1.165, 1.54) is 18.2 Å². The van der Waals surface area contributed by atoms with Gasteiger partial charge in [-0.15, -0.1) is 0 Å². The van der Waals surface area contributed by atoms with E-state index in [1.54, 1.807) is 13.0 Å². The standard InChI is InChI=1S/C17H15ClFNO4/c1-8-10(17(22)23)5-9(24-8)7-20-16(21)12-6-11(12)15-13(18)3-2-4-14(15)19/h2-5,11-12H,6-7H2,1H3,(H,20,21)(H,22,23). The van der Waals surface area contributed by atoms with Crippen molar-refractivity contribution in [2.24, 2.45) is 5.92 Å². The molecule has 7 heteroatoms. The molecule has 1 saturated carbocycles. The van der Waals surface area contributed by atoms with E-state index in [2.05, 4.69) is 5.32 Å². The first-order valence-electron chi connectivity index (χ1n) is 7.42. The lowest BCUT2D eigenvalue weighted by Gasteiger charge is -2.06. The zero-order chi connectivity index (χ0) is 17.4. The van der Waals surface area contributed by atoms with Crippen LogP contribution < -0.4 is 5.32 Å². The molecule has 2 aromatic rings. The predicted molar refractivity (Wildman–Crippen MR) is 84.5 cm³/mol. The maximum absolute atomic E-state index is 13.9. The summed E-state index contributed by atoms with van der Waals surface area (Å²) in [6.45, 7) is 1.63. The fourth-order valence-corrected chi connectivity index (χ4v) is 3.12. The average molecular weight is 352 g/mol. The summed E-state index contributed by atoms with van der Waals surface area (Å²) in [5.41, 5.74) is 0.447. The number of hydrogen-bond donors (Lipinski definition) is 2. The van der Waals surface area contributed by atoms with Crippen molar-refractivity contribution in [1.82, 2.24) is 5.32 Å². The number of amides is 1. The van der Waals surface area contributed by atoms with Crippen molar-refractivity contribution in [1.29, 1.82) is 0 Å². The highest BCUT2D eigenvalue weighted by molar-refractivity contribution is 6.31. The molecule has 0 saturated heterocycles. The second-order valence-electron chi connectivity index (χ2n) is 5.79. The minimum atomic E-state index is -1.08. The van der Waals surface area contributed by atoms with Gasteiger partial charge in [-0.1, -0.05) is 17.7 Å². The van der Waals surface area contributed by atoms with Gasteiger partial charge in [-0.2, -0.15) is 0 Å². The van der Waals surface area contributed by atoms with Crippen molar-refractivity contribution in [3.05, 3.63) is 57.8 Å². The van der Waals surface area contributed by atoms with Crippen LogP contribution in [-0.4, -0.2) is 17.0 Å². The lowest BCUT2D eigenvalue weighted by atomic mass is 10.1. The summed E-state index contributed by atoms with van der Waals surface area (Å²) in [5.74, 6) is -1.64. The molecule has 2 atom stereocenters. The molecule has 2 N–H and O–H groups in total. The molecular weight excluding hydrogens is 337 g/mol. The first-order chi connectivity index (χ1) is 11.4. The second kappa shape index (κ2) is 6.28. The lowest BCUT2D eigenvalue weighted by Crippen LogP contribution is -2.24. The summed E-state index contributed by atoms with van der Waals surface area (Å²) in [4.78, 5) is 23.1. The van der Waals surface area contributed by atoms with Gasteiger partial charge in [0, 0.05) is 22.4 Å². The van der Waals surface area contributed by atoms with Crippen molar-refractivity contribution in [3.8, 4) is 0 Å². The Bertz CT molecular complexity index is 797. The molecule has 1 aliphatic carbocycles. The lowest BCUT2D eigenvalue weighted by molar-refractivity contribution is -0.122.